The van der Waals surface area contributed by atoms with Crippen LogP contribution in [0.3, 0.4) is 0 Å². The second-order valence-corrected chi connectivity index (χ2v) is 8.51. The summed E-state index contributed by atoms with van der Waals surface area (Å²) in [5.41, 5.74) is 3.87. The zero-order chi connectivity index (χ0) is 22.0. The van der Waals surface area contributed by atoms with Gasteiger partial charge in [-0.05, 0) is 48.7 Å². The van der Waals surface area contributed by atoms with Gasteiger partial charge < -0.3 is 15.0 Å². The highest BCUT2D eigenvalue weighted by Crippen LogP contribution is 2.37. The van der Waals surface area contributed by atoms with E-state index < -0.39 is 5.41 Å². The molecule has 0 fully saturated rings. The van der Waals surface area contributed by atoms with E-state index in [1.54, 1.807) is 30.1 Å². The average Bonchev–Trinajstić information content (AvgIpc) is 2.85. The van der Waals surface area contributed by atoms with E-state index in [1.165, 1.54) is 0 Å². The van der Waals surface area contributed by atoms with Crippen molar-refractivity contribution in [2.24, 2.45) is 5.41 Å². The minimum absolute atomic E-state index is 0.0202. The minimum Gasteiger partial charge on any atom is -0.490 e. The van der Waals surface area contributed by atoms with E-state index in [0.717, 1.165) is 16.7 Å². The van der Waals surface area contributed by atoms with Gasteiger partial charge >= 0.3 is 0 Å². The molecule has 31 heavy (non-hydrogen) atoms. The Morgan fingerprint density at radius 3 is 2.39 bits per heavy atom. The number of anilines is 2. The van der Waals surface area contributed by atoms with Gasteiger partial charge in [0.05, 0.1) is 17.5 Å². The summed E-state index contributed by atoms with van der Waals surface area (Å²) in [5, 5.41) is 2.93. The van der Waals surface area contributed by atoms with Crippen LogP contribution in [0.15, 0.2) is 72.8 Å². The molecule has 1 aliphatic rings. The number of nitrogens with zero attached hydrogens (tertiary/aromatic N) is 1. The standard InChI is InChI=1S/C26H26N2O3/c1-26(2)17-31-23-14-13-21(16-22(23)28(3)25(26)30)27-24(29)15-18-9-11-20(12-10-18)19-7-5-4-6-8-19/h4-14,16H,15,17H2,1-3H3,(H,27,29). The van der Waals surface area contributed by atoms with E-state index >= 15 is 0 Å². The van der Waals surface area contributed by atoms with Gasteiger partial charge in [0.25, 0.3) is 0 Å². The lowest BCUT2D eigenvalue weighted by Gasteiger charge is -2.24. The fraction of sp³-hybridized carbons (Fsp3) is 0.231. The van der Waals surface area contributed by atoms with E-state index in [4.69, 9.17) is 4.74 Å². The highest BCUT2D eigenvalue weighted by molar-refractivity contribution is 6.00. The minimum atomic E-state index is -0.608. The van der Waals surface area contributed by atoms with Gasteiger partial charge in [0.1, 0.15) is 12.4 Å². The van der Waals surface area contributed by atoms with Gasteiger partial charge in [0.2, 0.25) is 11.8 Å². The third kappa shape index (κ3) is 4.45. The van der Waals surface area contributed by atoms with Crippen LogP contribution in [-0.2, 0) is 16.0 Å². The fourth-order valence-corrected chi connectivity index (χ4v) is 3.70. The first-order valence-corrected chi connectivity index (χ1v) is 10.3. The van der Waals surface area contributed by atoms with Crippen LogP contribution in [0.4, 0.5) is 11.4 Å². The second kappa shape index (κ2) is 8.26. The van der Waals surface area contributed by atoms with E-state index in [2.05, 4.69) is 17.4 Å². The number of amides is 2. The third-order valence-corrected chi connectivity index (χ3v) is 5.50. The molecule has 5 heteroatoms. The van der Waals surface area contributed by atoms with E-state index in [9.17, 15) is 9.59 Å². The lowest BCUT2D eigenvalue weighted by Crippen LogP contribution is -2.39. The molecule has 4 rings (SSSR count). The number of carbonyl (C=O) groups excluding carboxylic acids is 2. The summed E-state index contributed by atoms with van der Waals surface area (Å²) >= 11 is 0. The Labute approximate surface area is 182 Å². The summed E-state index contributed by atoms with van der Waals surface area (Å²) in [4.78, 5) is 26.9. The van der Waals surface area contributed by atoms with Gasteiger partial charge in [-0.15, -0.1) is 0 Å². The Balaban J connectivity index is 1.45. The molecule has 1 heterocycles. The molecule has 1 N–H and O–H groups in total. The van der Waals surface area contributed by atoms with Gasteiger partial charge in [-0.3, -0.25) is 9.59 Å². The molecule has 3 aromatic carbocycles. The number of ether oxygens (including phenoxy) is 1. The van der Waals surface area contributed by atoms with E-state index in [-0.39, 0.29) is 18.2 Å². The van der Waals surface area contributed by atoms with Crippen molar-refractivity contribution in [3.8, 4) is 16.9 Å². The number of hydrogen-bond acceptors (Lipinski definition) is 3. The largest absolute Gasteiger partial charge is 0.490 e. The number of fused-ring (bicyclic) bond motifs is 1. The monoisotopic (exact) mass is 414 g/mol. The third-order valence-electron chi connectivity index (χ3n) is 5.50. The Hall–Kier alpha value is -3.60. The fourth-order valence-electron chi connectivity index (χ4n) is 3.70. The number of hydrogen-bond donors (Lipinski definition) is 1. The predicted octanol–water partition coefficient (Wildman–Crippen LogP) is 4.92. The molecular formula is C26H26N2O3. The van der Waals surface area contributed by atoms with Gasteiger partial charge in [0.15, 0.2) is 0 Å². The summed E-state index contributed by atoms with van der Waals surface area (Å²) in [6, 6.07) is 23.5. The first-order valence-electron chi connectivity index (χ1n) is 10.3. The molecular weight excluding hydrogens is 388 g/mol. The van der Waals surface area contributed by atoms with Crippen LogP contribution in [0.25, 0.3) is 11.1 Å². The van der Waals surface area contributed by atoms with Crippen molar-refractivity contribution in [2.45, 2.75) is 20.3 Å². The molecule has 5 nitrogen and oxygen atoms in total. The zero-order valence-corrected chi connectivity index (χ0v) is 18.0. The highest BCUT2D eigenvalue weighted by atomic mass is 16.5. The Kier molecular flexibility index (Phi) is 5.51. The second-order valence-electron chi connectivity index (χ2n) is 8.51. The number of benzene rings is 3. The maximum Gasteiger partial charge on any atom is 0.235 e. The molecule has 0 saturated heterocycles. The molecule has 1 aliphatic heterocycles. The topological polar surface area (TPSA) is 58.6 Å². The van der Waals surface area contributed by atoms with Crippen molar-refractivity contribution < 1.29 is 14.3 Å². The van der Waals surface area contributed by atoms with Crippen LogP contribution in [0.2, 0.25) is 0 Å². The number of nitrogens with one attached hydrogen (secondary N) is 1. The van der Waals surface area contributed by atoms with Crippen LogP contribution in [-0.4, -0.2) is 25.5 Å². The Bertz CT molecular complexity index is 1110. The van der Waals surface area contributed by atoms with Crippen LogP contribution >= 0.6 is 0 Å². The SMILES string of the molecule is CN1C(=O)C(C)(C)COc2ccc(NC(=O)Cc3ccc(-c4ccccc4)cc3)cc21. The maximum atomic E-state index is 12.7. The first-order chi connectivity index (χ1) is 14.8. The summed E-state index contributed by atoms with van der Waals surface area (Å²) in [7, 11) is 1.73. The molecule has 3 aromatic rings. The van der Waals surface area contributed by atoms with Crippen molar-refractivity contribution in [3.63, 3.8) is 0 Å². The lowest BCUT2D eigenvalue weighted by atomic mass is 9.93. The van der Waals surface area contributed by atoms with E-state index in [1.807, 2.05) is 56.3 Å². The van der Waals surface area contributed by atoms with Crippen molar-refractivity contribution in [1.29, 1.82) is 0 Å². The average molecular weight is 415 g/mol. The van der Waals surface area contributed by atoms with Gasteiger partial charge in [-0.25, -0.2) is 0 Å². The molecule has 0 spiro atoms. The molecule has 2 amide bonds. The predicted molar refractivity (Wildman–Crippen MR) is 123 cm³/mol. The summed E-state index contributed by atoms with van der Waals surface area (Å²) < 4.78 is 5.83. The molecule has 158 valence electrons. The van der Waals surface area contributed by atoms with Crippen molar-refractivity contribution in [3.05, 3.63) is 78.4 Å². The van der Waals surface area contributed by atoms with Crippen LogP contribution in [0.1, 0.15) is 19.4 Å². The van der Waals surface area contributed by atoms with Crippen molar-refractivity contribution in [2.75, 3.05) is 23.9 Å². The summed E-state index contributed by atoms with van der Waals surface area (Å²) in [6.07, 6.45) is 0.268. The maximum absolute atomic E-state index is 12.7. The quantitative estimate of drug-likeness (QED) is 0.659. The molecule has 0 radical (unpaired) electrons. The van der Waals surface area contributed by atoms with Crippen LogP contribution < -0.4 is 15.0 Å². The highest BCUT2D eigenvalue weighted by Gasteiger charge is 2.36. The smallest absolute Gasteiger partial charge is 0.235 e. The molecule has 0 atom stereocenters. The molecule has 0 aliphatic carbocycles. The molecule has 0 unspecified atom stereocenters. The number of rotatable bonds is 4. The first kappa shape index (κ1) is 20.7. The lowest BCUT2D eigenvalue weighted by molar-refractivity contribution is -0.127. The molecule has 0 aromatic heterocycles. The number of carbonyl (C=O) groups is 2. The van der Waals surface area contributed by atoms with Gasteiger partial charge in [0, 0.05) is 12.7 Å². The Morgan fingerprint density at radius 1 is 1.00 bits per heavy atom. The summed E-state index contributed by atoms with van der Waals surface area (Å²) in [5.74, 6) is 0.500. The van der Waals surface area contributed by atoms with Crippen LogP contribution in [0, 0.1) is 5.41 Å². The van der Waals surface area contributed by atoms with Gasteiger partial charge in [-0.1, -0.05) is 54.6 Å². The molecule has 0 saturated carbocycles. The van der Waals surface area contributed by atoms with Crippen molar-refractivity contribution >= 4 is 23.2 Å². The summed E-state index contributed by atoms with van der Waals surface area (Å²) in [6.45, 7) is 4.04. The van der Waals surface area contributed by atoms with Gasteiger partial charge in [-0.2, -0.15) is 0 Å². The van der Waals surface area contributed by atoms with E-state index in [0.29, 0.717) is 23.7 Å². The molecule has 0 bridgehead atoms. The zero-order valence-electron chi connectivity index (χ0n) is 18.0. The Morgan fingerprint density at radius 2 is 1.68 bits per heavy atom. The van der Waals surface area contributed by atoms with Crippen LogP contribution in [0.5, 0.6) is 5.75 Å². The van der Waals surface area contributed by atoms with Crippen molar-refractivity contribution in [1.82, 2.24) is 0 Å². The normalized spacial score (nSPS) is 14.9.